The van der Waals surface area contributed by atoms with E-state index < -0.39 is 52.6 Å². The summed E-state index contributed by atoms with van der Waals surface area (Å²) < 4.78 is 21.8. The number of rotatable bonds is 2. The van der Waals surface area contributed by atoms with Crippen molar-refractivity contribution in [1.29, 1.82) is 0 Å². The van der Waals surface area contributed by atoms with Crippen molar-refractivity contribution in [2.45, 2.75) is 62.9 Å². The van der Waals surface area contributed by atoms with Crippen LogP contribution in [-0.4, -0.2) is 48.6 Å². The molecule has 8 atom stereocenters. The van der Waals surface area contributed by atoms with Gasteiger partial charge in [0.1, 0.15) is 29.3 Å². The molecule has 8 nitrogen and oxygen atoms in total. The summed E-state index contributed by atoms with van der Waals surface area (Å²) in [7, 11) is 1.28. The molecular weight excluding hydrogens is 368 g/mol. The van der Waals surface area contributed by atoms with E-state index in [1.54, 1.807) is 13.8 Å². The van der Waals surface area contributed by atoms with Gasteiger partial charge in [0.25, 0.3) is 0 Å². The van der Waals surface area contributed by atoms with Crippen LogP contribution in [0.1, 0.15) is 43.6 Å². The number of carbonyl (C=O) groups excluding carboxylic acids is 2. The zero-order valence-corrected chi connectivity index (χ0v) is 16.1. The molecule has 2 aliphatic heterocycles. The van der Waals surface area contributed by atoms with E-state index in [2.05, 4.69) is 0 Å². The molecule has 1 unspecified atom stereocenters. The van der Waals surface area contributed by atoms with Gasteiger partial charge in [-0.1, -0.05) is 6.92 Å². The summed E-state index contributed by atoms with van der Waals surface area (Å²) in [5.41, 5.74) is -1.01. The quantitative estimate of drug-likeness (QED) is 0.571. The highest BCUT2D eigenvalue weighted by atomic mass is 16.6. The Hall–Kier alpha value is -2.19. The first-order chi connectivity index (χ1) is 13.1. The minimum atomic E-state index is -1.11. The highest BCUT2D eigenvalue weighted by molar-refractivity contribution is 5.82. The molecule has 150 valence electrons. The third kappa shape index (κ3) is 1.85. The van der Waals surface area contributed by atoms with E-state index >= 15 is 0 Å². The maximum atomic E-state index is 12.8. The Morgan fingerprint density at radius 2 is 2.04 bits per heavy atom. The van der Waals surface area contributed by atoms with E-state index in [4.69, 9.17) is 18.6 Å². The van der Waals surface area contributed by atoms with Crippen LogP contribution >= 0.6 is 0 Å². The minimum Gasteiger partial charge on any atom is -0.468 e. The van der Waals surface area contributed by atoms with Crippen molar-refractivity contribution < 1.29 is 33.3 Å². The van der Waals surface area contributed by atoms with Crippen molar-refractivity contribution >= 4 is 11.9 Å². The van der Waals surface area contributed by atoms with Gasteiger partial charge in [-0.05, 0) is 25.0 Å². The van der Waals surface area contributed by atoms with Gasteiger partial charge in [-0.25, -0.2) is 4.79 Å². The Kier molecular flexibility index (Phi) is 3.35. The van der Waals surface area contributed by atoms with Crippen LogP contribution in [0.4, 0.5) is 0 Å². The van der Waals surface area contributed by atoms with Crippen LogP contribution in [0, 0.1) is 11.3 Å². The van der Waals surface area contributed by atoms with E-state index in [0.717, 1.165) is 0 Å². The van der Waals surface area contributed by atoms with Gasteiger partial charge in [0.15, 0.2) is 0 Å². The van der Waals surface area contributed by atoms with Crippen LogP contribution in [0.25, 0.3) is 0 Å². The summed E-state index contributed by atoms with van der Waals surface area (Å²) in [6.45, 7) is 5.28. The second kappa shape index (κ2) is 5.24. The molecule has 2 saturated heterocycles. The molecule has 0 amide bonds. The van der Waals surface area contributed by atoms with Crippen molar-refractivity contribution in [1.82, 2.24) is 0 Å². The predicted molar refractivity (Wildman–Crippen MR) is 92.6 cm³/mol. The molecule has 28 heavy (non-hydrogen) atoms. The monoisotopic (exact) mass is 390 g/mol. The first kappa shape index (κ1) is 17.9. The zero-order valence-electron chi connectivity index (χ0n) is 16.1. The average molecular weight is 390 g/mol. The van der Waals surface area contributed by atoms with E-state index in [9.17, 15) is 19.5 Å². The van der Waals surface area contributed by atoms with Gasteiger partial charge >= 0.3 is 17.6 Å². The lowest BCUT2D eigenvalue weighted by Crippen LogP contribution is -2.62. The Morgan fingerprint density at radius 3 is 2.71 bits per heavy atom. The lowest BCUT2D eigenvalue weighted by atomic mass is 9.49. The van der Waals surface area contributed by atoms with Crippen LogP contribution in [0.15, 0.2) is 15.3 Å². The first-order valence-corrected chi connectivity index (χ1v) is 9.45. The second-order valence-electron chi connectivity index (χ2n) is 8.72. The molecule has 0 aromatic carbocycles. The van der Waals surface area contributed by atoms with Crippen molar-refractivity contribution in [3.8, 4) is 0 Å². The molecule has 4 aliphatic rings. The molecule has 5 rings (SSSR count). The third-order valence-electron chi connectivity index (χ3n) is 7.43. The van der Waals surface area contributed by atoms with Crippen molar-refractivity contribution in [2.24, 2.45) is 11.3 Å². The number of aliphatic hydroxyl groups excluding tert-OH is 1. The molecule has 0 radical (unpaired) electrons. The maximum absolute atomic E-state index is 12.8. The van der Waals surface area contributed by atoms with Crippen LogP contribution in [-0.2, 0) is 35.6 Å². The summed E-state index contributed by atoms with van der Waals surface area (Å²) in [5.74, 6) is -1.85. The zero-order chi connectivity index (χ0) is 20.2. The second-order valence-corrected chi connectivity index (χ2v) is 8.72. The van der Waals surface area contributed by atoms with Gasteiger partial charge < -0.3 is 23.7 Å². The Balaban J connectivity index is 1.75. The van der Waals surface area contributed by atoms with Gasteiger partial charge in [-0.3, -0.25) is 9.59 Å². The SMILES string of the molecule is COC(=O)C(C)c1oc(=O)cc2c1C[C@H]1OC(=O)[C@@]3(C)[C@@H](O)[C@H]4O[C@H]4[C@@]2(C)[C@@H]13. The number of aliphatic hydroxyl groups is 1. The largest absolute Gasteiger partial charge is 0.468 e. The number of epoxide rings is 1. The van der Waals surface area contributed by atoms with Crippen molar-refractivity contribution in [2.75, 3.05) is 7.11 Å². The lowest BCUT2D eigenvalue weighted by Gasteiger charge is -2.50. The van der Waals surface area contributed by atoms with Gasteiger partial charge in [0.2, 0.25) is 0 Å². The first-order valence-electron chi connectivity index (χ1n) is 9.45. The molecule has 0 bridgehead atoms. The molecule has 2 aliphatic carbocycles. The number of esters is 2. The van der Waals surface area contributed by atoms with Crippen LogP contribution < -0.4 is 5.63 Å². The summed E-state index contributed by atoms with van der Waals surface area (Å²) >= 11 is 0. The standard InChI is InChI=1S/C20H22O8/c1-7(17(23)25-4)12-8-5-10-14-19(2,9(8)6-11(21)27-12)16-13(28-16)15(22)20(14,3)18(24)26-10/h6-7,10,13-16,22H,5H2,1-4H3/t7?,10-,13-,14-,15+,16-,19-,20-/m1/s1. The molecule has 1 aromatic rings. The number of hydrogen-bond acceptors (Lipinski definition) is 8. The van der Waals surface area contributed by atoms with Crippen LogP contribution in [0.5, 0.6) is 0 Å². The highest BCUT2D eigenvalue weighted by Gasteiger charge is 2.78. The lowest BCUT2D eigenvalue weighted by molar-refractivity contribution is -0.154. The van der Waals surface area contributed by atoms with E-state index in [-0.39, 0.29) is 17.8 Å². The smallest absolute Gasteiger partial charge is 0.336 e. The fourth-order valence-electron chi connectivity index (χ4n) is 6.07. The summed E-state index contributed by atoms with van der Waals surface area (Å²) in [5, 5.41) is 10.8. The fourth-order valence-corrected chi connectivity index (χ4v) is 6.07. The summed E-state index contributed by atoms with van der Waals surface area (Å²) in [6.07, 6.45) is -1.96. The molecule has 1 N–H and O–H groups in total. The number of hydrogen-bond donors (Lipinski definition) is 1. The summed E-state index contributed by atoms with van der Waals surface area (Å²) in [4.78, 5) is 37.3. The van der Waals surface area contributed by atoms with Gasteiger partial charge in [0.05, 0.1) is 19.3 Å². The average Bonchev–Trinajstić information content (AvgIpc) is 3.42. The minimum absolute atomic E-state index is 0.238. The Bertz CT molecular complexity index is 965. The van der Waals surface area contributed by atoms with Gasteiger partial charge in [-0.2, -0.15) is 0 Å². The van der Waals surface area contributed by atoms with Crippen LogP contribution in [0.2, 0.25) is 0 Å². The molecular formula is C20H22O8. The van der Waals surface area contributed by atoms with Gasteiger partial charge in [-0.15, -0.1) is 0 Å². The normalized spacial score (nSPS) is 43.3. The molecule has 8 heteroatoms. The molecule has 1 aromatic heterocycles. The van der Waals surface area contributed by atoms with Gasteiger partial charge in [0, 0.05) is 23.8 Å². The Morgan fingerprint density at radius 1 is 1.32 bits per heavy atom. The molecule has 3 heterocycles. The number of carbonyl (C=O) groups is 2. The van der Waals surface area contributed by atoms with Crippen molar-refractivity contribution in [3.63, 3.8) is 0 Å². The van der Waals surface area contributed by atoms with E-state index in [1.165, 1.54) is 13.2 Å². The van der Waals surface area contributed by atoms with Crippen LogP contribution in [0.3, 0.4) is 0 Å². The third-order valence-corrected chi connectivity index (χ3v) is 7.43. The number of fused-ring (bicyclic) bond motifs is 4. The number of ether oxygens (including phenoxy) is 3. The molecule has 0 spiro atoms. The predicted octanol–water partition coefficient (Wildman–Crippen LogP) is 0.420. The molecule has 3 fully saturated rings. The summed E-state index contributed by atoms with van der Waals surface area (Å²) in [6, 6.07) is 1.43. The topological polar surface area (TPSA) is 116 Å². The fraction of sp³-hybridized carbons (Fsp3) is 0.650. The number of methoxy groups -OCH3 is 1. The highest BCUT2D eigenvalue weighted by Crippen LogP contribution is 2.66. The maximum Gasteiger partial charge on any atom is 0.336 e. The Labute approximate surface area is 160 Å². The molecule has 1 saturated carbocycles. The van der Waals surface area contributed by atoms with E-state index in [1.807, 2.05) is 6.92 Å². The van der Waals surface area contributed by atoms with Crippen molar-refractivity contribution in [3.05, 3.63) is 33.4 Å². The van der Waals surface area contributed by atoms with E-state index in [0.29, 0.717) is 17.5 Å².